The van der Waals surface area contributed by atoms with Gasteiger partial charge in [-0.25, -0.2) is 4.98 Å². The van der Waals surface area contributed by atoms with Gasteiger partial charge in [0.05, 0.1) is 18.7 Å². The van der Waals surface area contributed by atoms with Crippen molar-refractivity contribution in [2.45, 2.75) is 26.1 Å². The Labute approximate surface area is 189 Å². The van der Waals surface area contributed by atoms with Crippen molar-refractivity contribution in [3.8, 4) is 0 Å². The van der Waals surface area contributed by atoms with Crippen LogP contribution in [-0.2, 0) is 13.1 Å². The lowest BCUT2D eigenvalue weighted by Crippen LogP contribution is -2.24. The van der Waals surface area contributed by atoms with Gasteiger partial charge in [-0.1, -0.05) is 11.6 Å². The smallest absolute Gasteiger partial charge is 0.265 e. The summed E-state index contributed by atoms with van der Waals surface area (Å²) in [6, 6.07) is 6.83. The van der Waals surface area contributed by atoms with Crippen LogP contribution in [0.15, 0.2) is 44.2 Å². The average Bonchev–Trinajstić information content (AvgIpc) is 3.46. The van der Waals surface area contributed by atoms with Crippen molar-refractivity contribution in [2.75, 3.05) is 0 Å². The molecule has 0 radical (unpaired) electrons. The molecule has 1 atom stereocenters. The average molecular weight is 470 g/mol. The number of aliphatic hydroxyl groups is 1. The zero-order valence-corrected chi connectivity index (χ0v) is 17.9. The second-order valence-corrected chi connectivity index (χ2v) is 7.80. The minimum atomic E-state index is -1.04. The van der Waals surface area contributed by atoms with E-state index in [1.165, 1.54) is 22.6 Å². The van der Waals surface area contributed by atoms with Crippen molar-refractivity contribution in [3.05, 3.63) is 68.9 Å². The number of furan rings is 2. The molecule has 3 N–H and O–H groups in total. The van der Waals surface area contributed by atoms with E-state index < -0.39 is 17.6 Å². The third-order valence-corrected chi connectivity index (χ3v) is 5.30. The van der Waals surface area contributed by atoms with Gasteiger partial charge in [-0.15, -0.1) is 10.2 Å². The molecule has 13 heteroatoms. The SMILES string of the molecule is Cc1oc2ncn(Cc3nnn(C[C@H](O)c4cc5cc(Cl)ccc5o4)n3)c(=O)c2c1C(N)=O. The Morgan fingerprint density at radius 2 is 2.12 bits per heavy atom. The largest absolute Gasteiger partial charge is 0.458 e. The molecule has 0 spiro atoms. The van der Waals surface area contributed by atoms with Crippen LogP contribution >= 0.6 is 11.6 Å². The van der Waals surface area contributed by atoms with E-state index >= 15 is 0 Å². The zero-order valence-electron chi connectivity index (χ0n) is 17.1. The van der Waals surface area contributed by atoms with E-state index in [9.17, 15) is 14.7 Å². The van der Waals surface area contributed by atoms with Crippen LogP contribution in [0.25, 0.3) is 22.1 Å². The van der Waals surface area contributed by atoms with E-state index in [0.717, 1.165) is 5.39 Å². The van der Waals surface area contributed by atoms with Gasteiger partial charge >= 0.3 is 0 Å². The van der Waals surface area contributed by atoms with Crippen LogP contribution in [0.2, 0.25) is 5.02 Å². The summed E-state index contributed by atoms with van der Waals surface area (Å²) in [6.07, 6.45) is 0.221. The Balaban J connectivity index is 1.37. The van der Waals surface area contributed by atoms with Gasteiger partial charge in [0.1, 0.15) is 34.9 Å². The Morgan fingerprint density at radius 3 is 2.91 bits per heavy atom. The number of aliphatic hydroxyl groups excluding tert-OH is 1. The molecule has 168 valence electrons. The zero-order chi connectivity index (χ0) is 23.3. The van der Waals surface area contributed by atoms with Gasteiger partial charge in [-0.2, -0.15) is 4.80 Å². The first-order valence-corrected chi connectivity index (χ1v) is 10.1. The van der Waals surface area contributed by atoms with Gasteiger partial charge < -0.3 is 19.7 Å². The number of aryl methyl sites for hydroxylation is 1. The van der Waals surface area contributed by atoms with E-state index in [1.54, 1.807) is 24.3 Å². The van der Waals surface area contributed by atoms with Gasteiger partial charge in [0.15, 0.2) is 5.82 Å². The quantitative estimate of drug-likeness (QED) is 0.374. The molecule has 0 unspecified atom stereocenters. The number of carbonyl (C=O) groups excluding carboxylic acids is 1. The van der Waals surface area contributed by atoms with Crippen molar-refractivity contribution in [1.29, 1.82) is 0 Å². The highest BCUT2D eigenvalue weighted by molar-refractivity contribution is 6.31. The molecule has 4 heterocycles. The van der Waals surface area contributed by atoms with E-state index in [4.69, 9.17) is 26.2 Å². The number of fused-ring (bicyclic) bond motifs is 2. The first-order chi connectivity index (χ1) is 15.8. The second-order valence-electron chi connectivity index (χ2n) is 7.36. The molecule has 1 aromatic carbocycles. The Hall–Kier alpha value is -4.03. The molecule has 0 aliphatic heterocycles. The second kappa shape index (κ2) is 7.83. The lowest BCUT2D eigenvalue weighted by atomic mass is 10.2. The first kappa shape index (κ1) is 20.8. The maximum Gasteiger partial charge on any atom is 0.265 e. The Morgan fingerprint density at radius 1 is 1.30 bits per heavy atom. The van der Waals surface area contributed by atoms with Crippen LogP contribution in [0.1, 0.15) is 33.8 Å². The number of benzene rings is 1. The van der Waals surface area contributed by atoms with Gasteiger partial charge in [0.25, 0.3) is 11.5 Å². The molecular formula is C20H16ClN7O5. The number of primary amides is 1. The monoisotopic (exact) mass is 469 g/mol. The molecule has 0 saturated heterocycles. The molecule has 0 aliphatic carbocycles. The van der Waals surface area contributed by atoms with E-state index in [0.29, 0.717) is 16.4 Å². The number of amides is 1. The Bertz CT molecular complexity index is 1580. The molecule has 0 saturated carbocycles. The Kier molecular flexibility index (Phi) is 4.95. The molecule has 12 nitrogen and oxygen atoms in total. The van der Waals surface area contributed by atoms with Crippen LogP contribution in [0, 0.1) is 6.92 Å². The lowest BCUT2D eigenvalue weighted by Gasteiger charge is -2.05. The molecular weight excluding hydrogens is 454 g/mol. The summed E-state index contributed by atoms with van der Waals surface area (Å²) in [5, 5.41) is 23.9. The third-order valence-electron chi connectivity index (χ3n) is 5.07. The summed E-state index contributed by atoms with van der Waals surface area (Å²) >= 11 is 5.98. The first-order valence-electron chi connectivity index (χ1n) is 9.72. The fourth-order valence-electron chi connectivity index (χ4n) is 3.56. The molecule has 0 bridgehead atoms. The van der Waals surface area contributed by atoms with Crippen molar-refractivity contribution in [3.63, 3.8) is 0 Å². The van der Waals surface area contributed by atoms with Gasteiger partial charge in [0.2, 0.25) is 5.71 Å². The highest BCUT2D eigenvalue weighted by atomic mass is 35.5. The topological polar surface area (TPSA) is 168 Å². The number of aromatic nitrogens is 6. The number of hydrogen-bond donors (Lipinski definition) is 2. The minimum Gasteiger partial charge on any atom is -0.458 e. The summed E-state index contributed by atoms with van der Waals surface area (Å²) in [4.78, 5) is 29.8. The minimum absolute atomic E-state index is 0.00435. The standard InChI is InChI=1S/C20H16ClN7O5/c1-9-16(18(22)30)17-19(32-9)23-8-27(20(17)31)7-15-24-26-28(25-15)6-12(29)14-5-10-4-11(21)2-3-13(10)33-14/h2-5,8,12,29H,6-7H2,1H3,(H2,22,30)/t12-/m0/s1. The molecule has 33 heavy (non-hydrogen) atoms. The van der Waals surface area contributed by atoms with Gasteiger partial charge in [-0.3, -0.25) is 14.2 Å². The van der Waals surface area contributed by atoms with E-state index in [1.807, 2.05) is 0 Å². The number of carbonyl (C=O) groups is 1. The van der Waals surface area contributed by atoms with Crippen molar-refractivity contribution < 1.29 is 18.7 Å². The number of nitrogens with two attached hydrogens (primary N) is 1. The molecule has 1 amide bonds. The highest BCUT2D eigenvalue weighted by Gasteiger charge is 2.22. The summed E-state index contributed by atoms with van der Waals surface area (Å²) in [5.74, 6) is -0.0476. The molecule has 4 aromatic heterocycles. The summed E-state index contributed by atoms with van der Waals surface area (Å²) in [7, 11) is 0. The summed E-state index contributed by atoms with van der Waals surface area (Å²) in [5.41, 5.74) is 5.45. The maximum absolute atomic E-state index is 12.9. The number of rotatable bonds is 6. The van der Waals surface area contributed by atoms with Crippen LogP contribution < -0.4 is 11.3 Å². The summed E-state index contributed by atoms with van der Waals surface area (Å²) < 4.78 is 12.2. The predicted octanol–water partition coefficient (Wildman–Crippen LogP) is 1.56. The highest BCUT2D eigenvalue weighted by Crippen LogP contribution is 2.27. The van der Waals surface area contributed by atoms with Crippen LogP contribution in [0.3, 0.4) is 0 Å². The molecule has 5 rings (SSSR count). The molecule has 5 aromatic rings. The van der Waals surface area contributed by atoms with E-state index in [2.05, 4.69) is 20.4 Å². The van der Waals surface area contributed by atoms with Crippen LogP contribution in [0.4, 0.5) is 0 Å². The summed E-state index contributed by atoms with van der Waals surface area (Å²) in [6.45, 7) is 1.43. The fraction of sp³-hybridized carbons (Fsp3) is 0.200. The molecule has 0 aliphatic rings. The molecule has 0 fully saturated rings. The normalized spacial score (nSPS) is 12.6. The van der Waals surface area contributed by atoms with Crippen LogP contribution in [-0.4, -0.2) is 40.8 Å². The van der Waals surface area contributed by atoms with Crippen molar-refractivity contribution >= 4 is 39.6 Å². The predicted molar refractivity (Wildman–Crippen MR) is 115 cm³/mol. The fourth-order valence-corrected chi connectivity index (χ4v) is 3.74. The number of tetrazole rings is 1. The van der Waals surface area contributed by atoms with Crippen LogP contribution in [0.5, 0.6) is 0 Å². The number of halogens is 1. The van der Waals surface area contributed by atoms with Crippen molar-refractivity contribution in [1.82, 2.24) is 29.8 Å². The number of hydrogen-bond acceptors (Lipinski definition) is 9. The lowest BCUT2D eigenvalue weighted by molar-refractivity contribution is 0.1000. The van der Waals surface area contributed by atoms with E-state index in [-0.39, 0.29) is 41.3 Å². The van der Waals surface area contributed by atoms with Gasteiger partial charge in [0, 0.05) is 10.4 Å². The third kappa shape index (κ3) is 3.75. The van der Waals surface area contributed by atoms with Crippen molar-refractivity contribution in [2.24, 2.45) is 5.73 Å². The maximum atomic E-state index is 12.9. The number of nitrogens with zero attached hydrogens (tertiary/aromatic N) is 6. The van der Waals surface area contributed by atoms with Gasteiger partial charge in [-0.05, 0) is 36.4 Å².